The lowest BCUT2D eigenvalue weighted by Gasteiger charge is -1.82. The first-order valence-electron chi connectivity index (χ1n) is 2.65. The molecule has 9 heavy (non-hydrogen) atoms. The first-order chi connectivity index (χ1) is 4.20. The molecule has 3 heteroatoms. The predicted octanol–water partition coefficient (Wildman–Crippen LogP) is 0.800. The van der Waals surface area contributed by atoms with Crippen molar-refractivity contribution in [3.8, 4) is 0 Å². The van der Waals surface area contributed by atoms with E-state index in [0.717, 1.165) is 0 Å². The zero-order valence-electron chi connectivity index (χ0n) is 5.14. The summed E-state index contributed by atoms with van der Waals surface area (Å²) in [6.07, 6.45) is 1.59. The van der Waals surface area contributed by atoms with Crippen molar-refractivity contribution >= 4 is 11.5 Å². The van der Waals surface area contributed by atoms with E-state index >= 15 is 0 Å². The molecule has 0 saturated heterocycles. The SMILES string of the molecule is CC(=O)c1cc(N)c[nH]1. The van der Waals surface area contributed by atoms with Gasteiger partial charge in [0.25, 0.3) is 0 Å². The second-order valence-electron chi connectivity index (χ2n) is 1.90. The summed E-state index contributed by atoms with van der Waals surface area (Å²) in [6, 6.07) is 1.61. The van der Waals surface area contributed by atoms with Crippen molar-refractivity contribution in [1.29, 1.82) is 0 Å². The first kappa shape index (κ1) is 5.88. The van der Waals surface area contributed by atoms with Crippen molar-refractivity contribution in [2.45, 2.75) is 6.92 Å². The fraction of sp³-hybridized carbons (Fsp3) is 0.167. The van der Waals surface area contributed by atoms with Gasteiger partial charge in [-0.25, -0.2) is 0 Å². The highest BCUT2D eigenvalue weighted by molar-refractivity contribution is 5.93. The number of nitrogens with one attached hydrogen (secondary N) is 1. The van der Waals surface area contributed by atoms with Gasteiger partial charge in [0.1, 0.15) is 0 Å². The van der Waals surface area contributed by atoms with Crippen molar-refractivity contribution in [3.05, 3.63) is 18.0 Å². The number of aromatic nitrogens is 1. The maximum Gasteiger partial charge on any atom is 0.176 e. The van der Waals surface area contributed by atoms with E-state index in [0.29, 0.717) is 11.4 Å². The maximum atomic E-state index is 10.6. The van der Waals surface area contributed by atoms with E-state index < -0.39 is 0 Å². The minimum absolute atomic E-state index is 0.00620. The van der Waals surface area contributed by atoms with Crippen LogP contribution in [0.15, 0.2) is 12.3 Å². The number of Topliss-reactive ketones (excluding diaryl/α,β-unsaturated/α-hetero) is 1. The summed E-state index contributed by atoms with van der Waals surface area (Å²) >= 11 is 0. The number of aromatic amines is 1. The quantitative estimate of drug-likeness (QED) is 0.544. The summed E-state index contributed by atoms with van der Waals surface area (Å²) in [5, 5.41) is 0. The van der Waals surface area contributed by atoms with Crippen molar-refractivity contribution < 1.29 is 4.79 Å². The number of rotatable bonds is 1. The smallest absolute Gasteiger partial charge is 0.176 e. The molecule has 0 fully saturated rings. The second kappa shape index (κ2) is 1.93. The van der Waals surface area contributed by atoms with Gasteiger partial charge in [0.2, 0.25) is 0 Å². The minimum Gasteiger partial charge on any atom is -0.397 e. The largest absolute Gasteiger partial charge is 0.397 e. The highest BCUT2D eigenvalue weighted by Crippen LogP contribution is 2.03. The monoisotopic (exact) mass is 124 g/mol. The highest BCUT2D eigenvalue weighted by Gasteiger charge is 1.98. The Morgan fingerprint density at radius 2 is 2.44 bits per heavy atom. The standard InChI is InChI=1S/C6H8N2O/c1-4(9)6-2-5(7)3-8-6/h2-3,8H,7H2,1H3. The molecule has 0 aliphatic rings. The van der Waals surface area contributed by atoms with E-state index in [-0.39, 0.29) is 5.78 Å². The Labute approximate surface area is 52.9 Å². The minimum atomic E-state index is 0.00620. The van der Waals surface area contributed by atoms with E-state index in [4.69, 9.17) is 5.73 Å². The fourth-order valence-electron chi connectivity index (χ4n) is 0.614. The van der Waals surface area contributed by atoms with E-state index in [1.54, 1.807) is 12.3 Å². The molecule has 0 bridgehead atoms. The summed E-state index contributed by atoms with van der Waals surface area (Å²) in [6.45, 7) is 1.49. The van der Waals surface area contributed by atoms with Crippen molar-refractivity contribution in [1.82, 2.24) is 4.98 Å². The Morgan fingerprint density at radius 1 is 1.78 bits per heavy atom. The van der Waals surface area contributed by atoms with Crippen LogP contribution in [0.5, 0.6) is 0 Å². The Hall–Kier alpha value is -1.25. The van der Waals surface area contributed by atoms with E-state index in [1.807, 2.05) is 0 Å². The molecule has 1 rings (SSSR count). The molecule has 1 aromatic rings. The van der Waals surface area contributed by atoms with Gasteiger partial charge in [-0.05, 0) is 6.07 Å². The number of ketones is 1. The number of hydrogen-bond acceptors (Lipinski definition) is 2. The lowest BCUT2D eigenvalue weighted by molar-refractivity contribution is 0.101. The summed E-state index contributed by atoms with van der Waals surface area (Å²) in [7, 11) is 0. The third kappa shape index (κ3) is 1.10. The molecule has 0 spiro atoms. The molecule has 0 radical (unpaired) electrons. The van der Waals surface area contributed by atoms with Crippen molar-refractivity contribution in [2.24, 2.45) is 0 Å². The van der Waals surface area contributed by atoms with E-state index in [1.165, 1.54) is 6.92 Å². The summed E-state index contributed by atoms with van der Waals surface area (Å²) in [5.74, 6) is 0.00620. The Morgan fingerprint density at radius 3 is 2.67 bits per heavy atom. The van der Waals surface area contributed by atoms with Crippen LogP contribution in [-0.4, -0.2) is 10.8 Å². The predicted molar refractivity (Wildman–Crippen MR) is 35.2 cm³/mol. The molecule has 0 aliphatic carbocycles. The molecule has 0 saturated carbocycles. The Balaban J connectivity index is 2.98. The molecular formula is C6H8N2O. The van der Waals surface area contributed by atoms with Gasteiger partial charge in [0.05, 0.1) is 5.69 Å². The van der Waals surface area contributed by atoms with Crippen LogP contribution in [0.3, 0.4) is 0 Å². The van der Waals surface area contributed by atoms with Gasteiger partial charge in [0, 0.05) is 18.8 Å². The number of nitrogen functional groups attached to an aromatic ring is 1. The average Bonchev–Trinajstić information content (AvgIpc) is 2.14. The number of carbonyl (C=O) groups excluding carboxylic acids is 1. The molecule has 0 unspecified atom stereocenters. The Bertz CT molecular complexity index is 227. The fourth-order valence-corrected chi connectivity index (χ4v) is 0.614. The lowest BCUT2D eigenvalue weighted by Crippen LogP contribution is -1.89. The number of hydrogen-bond donors (Lipinski definition) is 2. The zero-order valence-corrected chi connectivity index (χ0v) is 5.14. The molecule has 0 atom stereocenters. The third-order valence-electron chi connectivity index (χ3n) is 1.08. The van der Waals surface area contributed by atoms with Crippen molar-refractivity contribution in [3.63, 3.8) is 0 Å². The van der Waals surface area contributed by atoms with Crippen LogP contribution in [0, 0.1) is 0 Å². The van der Waals surface area contributed by atoms with Gasteiger partial charge in [0.15, 0.2) is 5.78 Å². The number of anilines is 1. The zero-order chi connectivity index (χ0) is 6.85. The molecule has 3 N–H and O–H groups in total. The highest BCUT2D eigenvalue weighted by atomic mass is 16.1. The van der Waals surface area contributed by atoms with Crippen LogP contribution >= 0.6 is 0 Å². The third-order valence-corrected chi connectivity index (χ3v) is 1.08. The molecule has 0 aromatic carbocycles. The summed E-state index contributed by atoms with van der Waals surface area (Å²) in [5.41, 5.74) is 6.49. The topological polar surface area (TPSA) is 58.9 Å². The van der Waals surface area contributed by atoms with Gasteiger partial charge < -0.3 is 10.7 Å². The van der Waals surface area contributed by atoms with Crippen LogP contribution in [-0.2, 0) is 0 Å². The van der Waals surface area contributed by atoms with Crippen molar-refractivity contribution in [2.75, 3.05) is 5.73 Å². The van der Waals surface area contributed by atoms with Gasteiger partial charge >= 0.3 is 0 Å². The molecule has 0 aliphatic heterocycles. The maximum absolute atomic E-state index is 10.6. The van der Waals surface area contributed by atoms with Gasteiger partial charge in [-0.3, -0.25) is 4.79 Å². The normalized spacial score (nSPS) is 9.44. The lowest BCUT2D eigenvalue weighted by atomic mass is 10.3. The van der Waals surface area contributed by atoms with Gasteiger partial charge in [-0.15, -0.1) is 0 Å². The van der Waals surface area contributed by atoms with Crippen LogP contribution in [0.2, 0.25) is 0 Å². The Kier molecular flexibility index (Phi) is 1.26. The molecule has 48 valence electrons. The molecule has 0 amide bonds. The number of nitrogens with two attached hydrogens (primary N) is 1. The average molecular weight is 124 g/mol. The van der Waals surface area contributed by atoms with Crippen LogP contribution in [0.25, 0.3) is 0 Å². The van der Waals surface area contributed by atoms with Gasteiger partial charge in [-0.2, -0.15) is 0 Å². The van der Waals surface area contributed by atoms with Crippen LogP contribution in [0.4, 0.5) is 5.69 Å². The summed E-state index contributed by atoms with van der Waals surface area (Å²) in [4.78, 5) is 13.3. The van der Waals surface area contributed by atoms with E-state index in [2.05, 4.69) is 4.98 Å². The second-order valence-corrected chi connectivity index (χ2v) is 1.90. The first-order valence-corrected chi connectivity index (χ1v) is 2.65. The van der Waals surface area contributed by atoms with Crippen LogP contribution < -0.4 is 5.73 Å². The summed E-state index contributed by atoms with van der Waals surface area (Å²) < 4.78 is 0. The van der Waals surface area contributed by atoms with E-state index in [9.17, 15) is 4.79 Å². The molecule has 3 nitrogen and oxygen atoms in total. The van der Waals surface area contributed by atoms with Gasteiger partial charge in [-0.1, -0.05) is 0 Å². The number of H-pyrrole nitrogens is 1. The molecule has 1 heterocycles. The molecule has 1 aromatic heterocycles. The molecular weight excluding hydrogens is 116 g/mol. The number of carbonyl (C=O) groups is 1. The van der Waals surface area contributed by atoms with Crippen LogP contribution in [0.1, 0.15) is 17.4 Å².